The number of rotatable bonds is 5. The molecule has 1 aromatic carbocycles. The molecule has 0 saturated heterocycles. The van der Waals surface area contributed by atoms with Gasteiger partial charge in [0.2, 0.25) is 0 Å². The molecular weight excluding hydrogens is 410 g/mol. The maximum atomic E-state index is 12.7. The fraction of sp³-hybridized carbons (Fsp3) is 0.316. The Bertz CT molecular complexity index is 1010. The molecule has 0 bridgehead atoms. The second-order valence-electron chi connectivity index (χ2n) is 6.38. The molecule has 3 aromatic rings. The van der Waals surface area contributed by atoms with Crippen LogP contribution in [0.5, 0.6) is 5.75 Å². The van der Waals surface area contributed by atoms with E-state index < -0.39 is 0 Å². The minimum atomic E-state index is -0.266. The number of hydrogen-bond acceptors (Lipinski definition) is 4. The van der Waals surface area contributed by atoms with Crippen molar-refractivity contribution in [1.29, 1.82) is 0 Å². The van der Waals surface area contributed by atoms with E-state index in [1.807, 2.05) is 49.7 Å². The molecule has 142 valence electrons. The van der Waals surface area contributed by atoms with Crippen molar-refractivity contribution in [3.63, 3.8) is 0 Å². The molecule has 2 aromatic heterocycles. The molecule has 0 aliphatic heterocycles. The average Bonchev–Trinajstić information content (AvgIpc) is 3.06. The highest BCUT2D eigenvalue weighted by molar-refractivity contribution is 9.10. The maximum Gasteiger partial charge on any atom is 0.277 e. The number of anilines is 1. The fourth-order valence-corrected chi connectivity index (χ4v) is 3.39. The van der Waals surface area contributed by atoms with Crippen LogP contribution in [0.2, 0.25) is 0 Å². The summed E-state index contributed by atoms with van der Waals surface area (Å²) in [6, 6.07) is 7.85. The first kappa shape index (κ1) is 19.2. The lowest BCUT2D eigenvalue weighted by Gasteiger charge is -2.08. The Hall–Kier alpha value is -2.61. The van der Waals surface area contributed by atoms with E-state index in [0.717, 1.165) is 28.4 Å². The molecule has 3 rings (SSSR count). The van der Waals surface area contributed by atoms with Gasteiger partial charge in [0.15, 0.2) is 5.69 Å². The molecule has 0 radical (unpaired) electrons. The molecule has 1 N–H and O–H groups in total. The summed E-state index contributed by atoms with van der Waals surface area (Å²) in [5.41, 5.74) is 4.66. The van der Waals surface area contributed by atoms with Gasteiger partial charge in [-0.2, -0.15) is 10.2 Å². The number of carbonyl (C=O) groups is 1. The third-order valence-corrected chi connectivity index (χ3v) is 5.51. The van der Waals surface area contributed by atoms with Gasteiger partial charge in [-0.1, -0.05) is 12.1 Å². The lowest BCUT2D eigenvalue weighted by molar-refractivity contribution is 0.102. The first-order chi connectivity index (χ1) is 12.8. The second kappa shape index (κ2) is 7.56. The Kier molecular flexibility index (Phi) is 5.36. The number of halogens is 1. The van der Waals surface area contributed by atoms with Crippen molar-refractivity contribution in [3.05, 3.63) is 57.1 Å². The van der Waals surface area contributed by atoms with E-state index in [1.165, 1.54) is 0 Å². The first-order valence-electron chi connectivity index (χ1n) is 8.49. The van der Waals surface area contributed by atoms with Gasteiger partial charge in [0.1, 0.15) is 5.75 Å². The summed E-state index contributed by atoms with van der Waals surface area (Å²) >= 11 is 3.44. The predicted molar refractivity (Wildman–Crippen MR) is 107 cm³/mol. The van der Waals surface area contributed by atoms with Crippen LogP contribution in [0.3, 0.4) is 0 Å². The number of aromatic nitrogens is 4. The minimum Gasteiger partial charge on any atom is -0.497 e. The van der Waals surface area contributed by atoms with Crippen LogP contribution in [-0.2, 0) is 13.6 Å². The smallest absolute Gasteiger partial charge is 0.277 e. The van der Waals surface area contributed by atoms with Crippen molar-refractivity contribution in [2.45, 2.75) is 27.3 Å². The Balaban J connectivity index is 1.85. The average molecular weight is 432 g/mol. The lowest BCUT2D eigenvalue weighted by Crippen LogP contribution is -2.15. The molecule has 0 atom stereocenters. The van der Waals surface area contributed by atoms with Crippen LogP contribution in [0.4, 0.5) is 5.69 Å². The summed E-state index contributed by atoms with van der Waals surface area (Å²) in [5.74, 6) is 0.538. The zero-order valence-electron chi connectivity index (χ0n) is 16.0. The standard InChI is InChI=1S/C19H22BrN5O2/c1-11-17(21-19(26)18-16(20)12(2)24(4)23-18)13(3)25(22-11)10-14-7-6-8-15(9-14)27-5/h6-9H,10H2,1-5H3,(H,21,26). The van der Waals surface area contributed by atoms with E-state index in [4.69, 9.17) is 4.74 Å². The van der Waals surface area contributed by atoms with E-state index in [9.17, 15) is 4.79 Å². The number of benzene rings is 1. The van der Waals surface area contributed by atoms with Crippen molar-refractivity contribution in [3.8, 4) is 5.75 Å². The summed E-state index contributed by atoms with van der Waals surface area (Å²) in [7, 11) is 3.45. The molecule has 0 unspecified atom stereocenters. The number of nitrogens with zero attached hydrogens (tertiary/aromatic N) is 4. The number of carbonyl (C=O) groups excluding carboxylic acids is 1. The quantitative estimate of drug-likeness (QED) is 0.669. The topological polar surface area (TPSA) is 74.0 Å². The highest BCUT2D eigenvalue weighted by Crippen LogP contribution is 2.25. The number of hydrogen-bond donors (Lipinski definition) is 1. The van der Waals surface area contributed by atoms with Gasteiger partial charge in [-0.25, -0.2) is 0 Å². The molecule has 2 heterocycles. The number of nitrogens with one attached hydrogen (secondary N) is 1. The third kappa shape index (κ3) is 3.75. The van der Waals surface area contributed by atoms with Crippen LogP contribution in [0.1, 0.15) is 33.1 Å². The van der Waals surface area contributed by atoms with Crippen LogP contribution >= 0.6 is 15.9 Å². The van der Waals surface area contributed by atoms with Gasteiger partial charge < -0.3 is 10.1 Å². The van der Waals surface area contributed by atoms with Gasteiger partial charge in [-0.3, -0.25) is 14.2 Å². The van der Waals surface area contributed by atoms with Gasteiger partial charge in [0.25, 0.3) is 5.91 Å². The fourth-order valence-electron chi connectivity index (χ4n) is 2.88. The van der Waals surface area contributed by atoms with E-state index in [-0.39, 0.29) is 5.91 Å². The lowest BCUT2D eigenvalue weighted by atomic mass is 10.2. The van der Waals surface area contributed by atoms with Crippen molar-refractivity contribution in [2.24, 2.45) is 7.05 Å². The van der Waals surface area contributed by atoms with Crippen LogP contribution in [0.15, 0.2) is 28.7 Å². The molecule has 8 heteroatoms. The van der Waals surface area contributed by atoms with Crippen LogP contribution in [0, 0.1) is 20.8 Å². The van der Waals surface area contributed by atoms with Crippen LogP contribution in [0.25, 0.3) is 0 Å². The first-order valence-corrected chi connectivity index (χ1v) is 9.28. The van der Waals surface area contributed by atoms with Gasteiger partial charge in [-0.15, -0.1) is 0 Å². The number of ether oxygens (including phenoxy) is 1. The summed E-state index contributed by atoms with van der Waals surface area (Å²) in [6.45, 7) is 6.31. The van der Waals surface area contributed by atoms with Crippen molar-refractivity contribution in [2.75, 3.05) is 12.4 Å². The van der Waals surface area contributed by atoms with Gasteiger partial charge in [0.05, 0.1) is 40.9 Å². The molecular formula is C19H22BrN5O2. The molecule has 1 amide bonds. The minimum absolute atomic E-state index is 0.266. The SMILES string of the molecule is COc1cccc(Cn2nc(C)c(NC(=O)c3nn(C)c(C)c3Br)c2C)c1. The maximum absolute atomic E-state index is 12.7. The van der Waals surface area contributed by atoms with Gasteiger partial charge in [0, 0.05) is 7.05 Å². The molecule has 0 aliphatic rings. The summed E-state index contributed by atoms with van der Waals surface area (Å²) in [4.78, 5) is 12.7. The van der Waals surface area contributed by atoms with E-state index >= 15 is 0 Å². The Morgan fingerprint density at radius 3 is 2.59 bits per heavy atom. The van der Waals surface area contributed by atoms with Gasteiger partial charge in [-0.05, 0) is 54.4 Å². The van der Waals surface area contributed by atoms with Crippen molar-refractivity contribution in [1.82, 2.24) is 19.6 Å². The van der Waals surface area contributed by atoms with Crippen molar-refractivity contribution >= 4 is 27.5 Å². The summed E-state index contributed by atoms with van der Waals surface area (Å²) in [5, 5.41) is 11.8. The Morgan fingerprint density at radius 1 is 1.22 bits per heavy atom. The largest absolute Gasteiger partial charge is 0.497 e. The van der Waals surface area contributed by atoms with Gasteiger partial charge >= 0.3 is 0 Å². The monoisotopic (exact) mass is 431 g/mol. The number of aryl methyl sites for hydroxylation is 2. The normalized spacial score (nSPS) is 10.9. The van der Waals surface area contributed by atoms with E-state index in [0.29, 0.717) is 22.4 Å². The molecule has 27 heavy (non-hydrogen) atoms. The molecule has 7 nitrogen and oxygen atoms in total. The van der Waals surface area contributed by atoms with E-state index in [2.05, 4.69) is 31.4 Å². The highest BCUT2D eigenvalue weighted by Gasteiger charge is 2.21. The van der Waals surface area contributed by atoms with Crippen molar-refractivity contribution < 1.29 is 9.53 Å². The molecule has 0 fully saturated rings. The second-order valence-corrected chi connectivity index (χ2v) is 7.17. The molecule has 0 saturated carbocycles. The van der Waals surface area contributed by atoms with Crippen LogP contribution < -0.4 is 10.1 Å². The predicted octanol–water partition coefficient (Wildman–Crippen LogP) is 3.61. The number of methoxy groups -OCH3 is 1. The zero-order valence-corrected chi connectivity index (χ0v) is 17.6. The molecule has 0 spiro atoms. The highest BCUT2D eigenvalue weighted by atomic mass is 79.9. The van der Waals surface area contributed by atoms with Crippen LogP contribution in [-0.4, -0.2) is 32.6 Å². The summed E-state index contributed by atoms with van der Waals surface area (Å²) < 4.78 is 9.52. The summed E-state index contributed by atoms with van der Waals surface area (Å²) in [6.07, 6.45) is 0. The Labute approximate surface area is 166 Å². The Morgan fingerprint density at radius 2 is 1.96 bits per heavy atom. The zero-order chi connectivity index (χ0) is 19.7. The van der Waals surface area contributed by atoms with E-state index in [1.54, 1.807) is 18.8 Å². The third-order valence-electron chi connectivity index (χ3n) is 4.56. The molecule has 0 aliphatic carbocycles. The number of amides is 1.